The van der Waals surface area contributed by atoms with Crippen molar-refractivity contribution in [3.63, 3.8) is 0 Å². The highest BCUT2D eigenvalue weighted by Gasteiger charge is 2.29. The molecule has 1 aliphatic rings. The van der Waals surface area contributed by atoms with Crippen LogP contribution in [0.5, 0.6) is 5.75 Å². The highest BCUT2D eigenvalue weighted by molar-refractivity contribution is 5.42. The molecule has 0 saturated heterocycles. The van der Waals surface area contributed by atoms with Crippen molar-refractivity contribution in [3.05, 3.63) is 41.5 Å². The maximum atomic E-state index is 5.60. The Morgan fingerprint density at radius 1 is 1.41 bits per heavy atom. The number of aromatic nitrogens is 2. The third kappa shape index (κ3) is 1.78. The van der Waals surface area contributed by atoms with Gasteiger partial charge in [-0.1, -0.05) is 23.4 Å². The van der Waals surface area contributed by atoms with Gasteiger partial charge in [0.05, 0.1) is 12.5 Å². The summed E-state index contributed by atoms with van der Waals surface area (Å²) in [7, 11) is 1.85. The molecule has 0 aliphatic carbocycles. The van der Waals surface area contributed by atoms with E-state index < -0.39 is 0 Å². The molecule has 3 rings (SSSR count). The van der Waals surface area contributed by atoms with Crippen molar-refractivity contribution in [2.24, 2.45) is 0 Å². The Hall–Kier alpha value is -1.88. The summed E-state index contributed by atoms with van der Waals surface area (Å²) >= 11 is 0. The first kappa shape index (κ1) is 10.3. The van der Waals surface area contributed by atoms with Crippen LogP contribution in [0, 0.1) is 0 Å². The molecule has 88 valence electrons. The van der Waals surface area contributed by atoms with E-state index >= 15 is 0 Å². The minimum atomic E-state index is 0.0838. The molecule has 1 aliphatic heterocycles. The number of hydrogen-bond donors (Lipinski definition) is 1. The predicted octanol–water partition coefficient (Wildman–Crippen LogP) is 1.31. The minimum absolute atomic E-state index is 0.0838. The number of benzene rings is 1. The van der Waals surface area contributed by atoms with E-state index in [1.165, 1.54) is 0 Å². The first-order valence-electron chi connectivity index (χ1n) is 5.57. The zero-order valence-corrected chi connectivity index (χ0v) is 9.51. The van der Waals surface area contributed by atoms with Gasteiger partial charge in [0.1, 0.15) is 12.4 Å². The molecule has 0 bridgehead atoms. The van der Waals surface area contributed by atoms with Gasteiger partial charge < -0.3 is 14.6 Å². The maximum absolute atomic E-state index is 5.60. The molecule has 1 atom stereocenters. The highest BCUT2D eigenvalue weighted by Crippen LogP contribution is 2.36. The second kappa shape index (κ2) is 4.18. The van der Waals surface area contributed by atoms with Crippen LogP contribution in [-0.4, -0.2) is 23.8 Å². The number of para-hydroxylation sites is 1. The van der Waals surface area contributed by atoms with Crippen LogP contribution < -0.4 is 10.1 Å². The van der Waals surface area contributed by atoms with Gasteiger partial charge in [-0.15, -0.1) is 0 Å². The molecule has 0 amide bonds. The first-order chi connectivity index (χ1) is 8.38. The summed E-state index contributed by atoms with van der Waals surface area (Å²) in [5.41, 5.74) is 1.13. The number of rotatable bonds is 3. The van der Waals surface area contributed by atoms with E-state index in [4.69, 9.17) is 9.26 Å². The lowest BCUT2D eigenvalue weighted by molar-refractivity contribution is 0.331. The number of nitrogens with zero attached hydrogens (tertiary/aromatic N) is 2. The largest absolute Gasteiger partial charge is 0.492 e. The van der Waals surface area contributed by atoms with E-state index in [1.807, 2.05) is 31.3 Å². The van der Waals surface area contributed by atoms with Crippen LogP contribution in [0.15, 0.2) is 28.8 Å². The van der Waals surface area contributed by atoms with E-state index in [2.05, 4.69) is 15.5 Å². The zero-order chi connectivity index (χ0) is 11.7. The fourth-order valence-electron chi connectivity index (χ4n) is 2.01. The second-order valence-corrected chi connectivity index (χ2v) is 3.98. The van der Waals surface area contributed by atoms with Crippen LogP contribution in [0.25, 0.3) is 0 Å². The average Bonchev–Trinajstić information content (AvgIpc) is 2.95. The van der Waals surface area contributed by atoms with Gasteiger partial charge in [0.25, 0.3) is 0 Å². The Morgan fingerprint density at radius 2 is 2.29 bits per heavy atom. The molecule has 5 heteroatoms. The summed E-state index contributed by atoms with van der Waals surface area (Å²) in [6, 6.07) is 7.96. The van der Waals surface area contributed by atoms with E-state index in [-0.39, 0.29) is 5.92 Å². The predicted molar refractivity (Wildman–Crippen MR) is 60.8 cm³/mol. The van der Waals surface area contributed by atoms with Gasteiger partial charge in [-0.2, -0.15) is 4.98 Å². The maximum Gasteiger partial charge on any atom is 0.240 e. The third-order valence-corrected chi connectivity index (χ3v) is 2.82. The summed E-state index contributed by atoms with van der Waals surface area (Å²) in [5, 5.41) is 6.99. The van der Waals surface area contributed by atoms with Crippen molar-refractivity contribution < 1.29 is 9.26 Å². The Bertz CT molecular complexity index is 524. The minimum Gasteiger partial charge on any atom is -0.492 e. The molecule has 2 heterocycles. The SMILES string of the molecule is CNCc1nc(C2COc3ccccc32)no1. The van der Waals surface area contributed by atoms with E-state index in [9.17, 15) is 0 Å². The van der Waals surface area contributed by atoms with Crippen LogP contribution in [0.1, 0.15) is 23.2 Å². The van der Waals surface area contributed by atoms with Crippen LogP contribution in [0.3, 0.4) is 0 Å². The molecule has 1 N–H and O–H groups in total. The number of nitrogens with one attached hydrogen (secondary N) is 1. The number of ether oxygens (including phenoxy) is 1. The van der Waals surface area contributed by atoms with Gasteiger partial charge in [-0.05, 0) is 13.1 Å². The lowest BCUT2D eigenvalue weighted by atomic mass is 10.0. The Kier molecular flexibility index (Phi) is 2.53. The quantitative estimate of drug-likeness (QED) is 0.863. The van der Waals surface area contributed by atoms with Crippen molar-refractivity contribution in [1.82, 2.24) is 15.5 Å². The summed E-state index contributed by atoms with van der Waals surface area (Å²) in [4.78, 5) is 4.36. The molecule has 1 aromatic heterocycles. The van der Waals surface area contributed by atoms with E-state index in [0.717, 1.165) is 11.3 Å². The molecule has 1 unspecified atom stereocenters. The normalized spacial score (nSPS) is 17.8. The molecule has 0 saturated carbocycles. The standard InChI is InChI=1S/C12H13N3O2/c1-13-6-11-14-12(15-17-11)9-7-16-10-5-3-2-4-8(9)10/h2-5,9,13H,6-7H2,1H3. The highest BCUT2D eigenvalue weighted by atomic mass is 16.5. The Balaban J connectivity index is 1.90. The zero-order valence-electron chi connectivity index (χ0n) is 9.51. The number of hydrogen-bond acceptors (Lipinski definition) is 5. The van der Waals surface area contributed by atoms with Crippen LogP contribution >= 0.6 is 0 Å². The summed E-state index contributed by atoms with van der Waals surface area (Å²) < 4.78 is 10.8. The average molecular weight is 231 g/mol. The van der Waals surface area contributed by atoms with Crippen molar-refractivity contribution in [1.29, 1.82) is 0 Å². The smallest absolute Gasteiger partial charge is 0.240 e. The topological polar surface area (TPSA) is 60.2 Å². The van der Waals surface area contributed by atoms with Gasteiger partial charge in [-0.3, -0.25) is 0 Å². The van der Waals surface area contributed by atoms with Gasteiger partial charge >= 0.3 is 0 Å². The molecule has 2 aromatic rings. The second-order valence-electron chi connectivity index (χ2n) is 3.98. The van der Waals surface area contributed by atoms with E-state index in [1.54, 1.807) is 0 Å². The first-order valence-corrected chi connectivity index (χ1v) is 5.57. The van der Waals surface area contributed by atoms with E-state index in [0.29, 0.717) is 24.9 Å². The van der Waals surface area contributed by atoms with Crippen molar-refractivity contribution in [3.8, 4) is 5.75 Å². The van der Waals surface area contributed by atoms with Crippen LogP contribution in [0.4, 0.5) is 0 Å². The fraction of sp³-hybridized carbons (Fsp3) is 0.333. The fourth-order valence-corrected chi connectivity index (χ4v) is 2.01. The molecular formula is C12H13N3O2. The summed E-state index contributed by atoms with van der Waals surface area (Å²) in [5.74, 6) is 2.30. The van der Waals surface area contributed by atoms with Gasteiger partial charge in [0, 0.05) is 5.56 Å². The van der Waals surface area contributed by atoms with Gasteiger partial charge in [0.15, 0.2) is 5.82 Å². The van der Waals surface area contributed by atoms with Crippen LogP contribution in [0.2, 0.25) is 0 Å². The molecule has 0 radical (unpaired) electrons. The van der Waals surface area contributed by atoms with Crippen molar-refractivity contribution in [2.45, 2.75) is 12.5 Å². The number of fused-ring (bicyclic) bond motifs is 1. The molecule has 0 fully saturated rings. The third-order valence-electron chi connectivity index (χ3n) is 2.82. The van der Waals surface area contributed by atoms with Gasteiger partial charge in [-0.25, -0.2) is 0 Å². The van der Waals surface area contributed by atoms with Crippen molar-refractivity contribution >= 4 is 0 Å². The summed E-state index contributed by atoms with van der Waals surface area (Å²) in [6.45, 7) is 1.17. The summed E-state index contributed by atoms with van der Waals surface area (Å²) in [6.07, 6.45) is 0. The molecule has 17 heavy (non-hydrogen) atoms. The monoisotopic (exact) mass is 231 g/mol. The molecule has 0 spiro atoms. The lowest BCUT2D eigenvalue weighted by Gasteiger charge is -2.01. The van der Waals surface area contributed by atoms with Crippen LogP contribution in [-0.2, 0) is 6.54 Å². The Morgan fingerprint density at radius 3 is 3.18 bits per heavy atom. The molecular weight excluding hydrogens is 218 g/mol. The molecule has 5 nitrogen and oxygen atoms in total. The lowest BCUT2D eigenvalue weighted by Crippen LogP contribution is -2.07. The Labute approximate surface area is 98.8 Å². The molecule has 1 aromatic carbocycles. The van der Waals surface area contributed by atoms with Gasteiger partial charge in [0.2, 0.25) is 5.89 Å². The van der Waals surface area contributed by atoms with Crippen molar-refractivity contribution in [2.75, 3.05) is 13.7 Å².